The summed E-state index contributed by atoms with van der Waals surface area (Å²) < 4.78 is 150. The van der Waals surface area contributed by atoms with Crippen LogP contribution < -0.4 is 40.2 Å². The number of benzene rings is 4. The Morgan fingerprint density at radius 2 is 0.887 bits per heavy atom. The van der Waals surface area contributed by atoms with Crippen LogP contribution in [0.15, 0.2) is 152 Å². The van der Waals surface area contributed by atoms with Gasteiger partial charge in [0.1, 0.15) is 18.0 Å². The molecule has 4 fully saturated rings. The number of rotatable bonds is 25. The average molecular weight is 1670 g/mol. The quantitative estimate of drug-likeness (QED) is 0.0264. The first-order valence-corrected chi connectivity index (χ1v) is 46.0. The Labute approximate surface area is 681 Å². The molecule has 0 aliphatic heterocycles. The monoisotopic (exact) mass is 1660 g/mol. The number of hydrogen-bond donors (Lipinski definition) is 8. The number of nitrogens with one attached hydrogen (secondary N) is 8. The molecule has 0 spiro atoms. The number of halogens is 3. The summed E-state index contributed by atoms with van der Waals surface area (Å²) in [5, 5.41) is 32.4. The molecule has 115 heavy (non-hydrogen) atoms. The van der Waals surface area contributed by atoms with Gasteiger partial charge in [-0.15, -0.1) is 0 Å². The topological polar surface area (TPSA) is 323 Å². The van der Waals surface area contributed by atoms with Crippen molar-refractivity contribution in [3.8, 4) is 34.8 Å². The van der Waals surface area contributed by atoms with Gasteiger partial charge in [-0.3, -0.25) is 4.79 Å². The smallest absolute Gasteiger partial charge is 0.385 e. The molecule has 30 heteroatoms. The van der Waals surface area contributed by atoms with Gasteiger partial charge in [-0.1, -0.05) is 36.4 Å². The number of carbonyl (C=O) groups is 1. The molecule has 23 nitrogen and oxygen atoms in total. The Bertz CT molecular complexity index is 4830. The summed E-state index contributed by atoms with van der Waals surface area (Å²) in [6, 6.07) is 43.8. The van der Waals surface area contributed by atoms with E-state index in [1.165, 1.54) is 25.1 Å². The van der Waals surface area contributed by atoms with Gasteiger partial charge in [0.2, 0.25) is 40.1 Å². The predicted octanol–water partition coefficient (Wildman–Crippen LogP) is 15.8. The molecule has 1 amide bonds. The van der Waals surface area contributed by atoms with E-state index in [9.17, 15) is 62.2 Å². The molecule has 4 aliphatic carbocycles. The third-order valence-electron chi connectivity index (χ3n) is 21.6. The number of nitriles is 2. The lowest BCUT2D eigenvalue weighted by atomic mass is 9.86. The summed E-state index contributed by atoms with van der Waals surface area (Å²) in [5.41, 5.74) is 6.36. The van der Waals surface area contributed by atoms with Crippen molar-refractivity contribution in [3.05, 3.63) is 174 Å². The summed E-state index contributed by atoms with van der Waals surface area (Å²) in [6.07, 6.45) is 17.6. The number of aromatic nitrogens is 3. The average Bonchev–Trinajstić information content (AvgIpc) is 1.05. The van der Waals surface area contributed by atoms with Gasteiger partial charge in [-0.25, -0.2) is 57.5 Å². The van der Waals surface area contributed by atoms with Crippen LogP contribution in [0.1, 0.15) is 199 Å². The molecule has 7 aromatic rings. The lowest BCUT2D eigenvalue weighted by Crippen LogP contribution is -2.46. The second-order valence-corrected chi connectivity index (χ2v) is 43.2. The van der Waals surface area contributed by atoms with E-state index in [4.69, 9.17) is 4.98 Å². The largest absolute Gasteiger partial charge is 0.416 e. The van der Waals surface area contributed by atoms with Crippen LogP contribution in [0.2, 0.25) is 0 Å². The molecule has 0 bridgehead atoms. The zero-order valence-electron chi connectivity index (χ0n) is 68.5. The summed E-state index contributed by atoms with van der Waals surface area (Å²) >= 11 is 0. The molecular formula is C85H119F3N14O9S4. The van der Waals surface area contributed by atoms with E-state index in [1.807, 2.05) is 131 Å². The predicted molar refractivity (Wildman–Crippen MR) is 455 cm³/mol. The standard InChI is InChI=1S/2C22H30N4O2S.C21H32F3N3O3S.C20H27N3O2S/c1-22(2,3)29(27,28)25-19-9-6-17(7-10-19)16-24-20-11-8-18(15-23)21(14-20)26-12-4-5-13-26;1-22(2,3)29(27,28)25-19-8-6-17(7-9-19)16-24-20-10-11-21(18(14-20)15-23)26-12-4-5-13-26;1-20(2,3)31(29,30)26-17-8-6-14(7-9-17)13-25-18-11-15(19(28)27(4)5)10-16(12-18)21(22,23)24;1-2-26(24,25)21-15-16-11-13-18(14-12-16)22-20-10-6-9-19(23-20)17-7-4-3-5-8-17/h4-5,8,11-14,17,19,24-25H,6-7,9-10,16H2,1-3H3;4-5,10-14,17,19,24-25H,6-9,16H2,1-3H3;10-12,14,17,25-26H,6-9,13H2,1-5H3;3-10,16,18,21H,2,11-15H2,1H3,(H,22,23). The van der Waals surface area contributed by atoms with E-state index in [1.54, 1.807) is 69.2 Å². The second-order valence-electron chi connectivity index (χ2n) is 33.7. The van der Waals surface area contributed by atoms with Crippen LogP contribution in [0, 0.1) is 46.3 Å². The summed E-state index contributed by atoms with van der Waals surface area (Å²) in [5.74, 6) is 2.20. The van der Waals surface area contributed by atoms with Crippen molar-refractivity contribution in [3.63, 3.8) is 0 Å². The fourth-order valence-electron chi connectivity index (χ4n) is 14.0. The van der Waals surface area contributed by atoms with Crippen molar-refractivity contribution in [1.82, 2.24) is 37.9 Å². The van der Waals surface area contributed by atoms with Crippen LogP contribution in [-0.4, -0.2) is 143 Å². The van der Waals surface area contributed by atoms with Crippen molar-refractivity contribution < 1.29 is 51.6 Å². The number of sulfonamides is 4. The minimum absolute atomic E-state index is 0.0254. The zero-order chi connectivity index (χ0) is 84.2. The van der Waals surface area contributed by atoms with E-state index in [2.05, 4.69) is 64.4 Å². The normalized spacial score (nSPS) is 20.4. The molecule has 628 valence electrons. The highest BCUT2D eigenvalue weighted by molar-refractivity contribution is 7.91. The molecule has 4 aliphatic rings. The van der Waals surface area contributed by atoms with E-state index < -0.39 is 72.0 Å². The van der Waals surface area contributed by atoms with Gasteiger partial charge in [0.25, 0.3) is 5.91 Å². The third-order valence-corrected chi connectivity index (χ3v) is 29.7. The molecule has 11 rings (SSSR count). The van der Waals surface area contributed by atoms with E-state index in [-0.39, 0.29) is 41.0 Å². The molecule has 0 saturated heterocycles. The Balaban J connectivity index is 0.000000192. The van der Waals surface area contributed by atoms with Gasteiger partial charge in [0.05, 0.1) is 53.8 Å². The number of hydrogen-bond acceptors (Lipinski definition) is 16. The first-order valence-electron chi connectivity index (χ1n) is 39.9. The van der Waals surface area contributed by atoms with Crippen molar-refractivity contribution >= 4 is 68.9 Å². The van der Waals surface area contributed by atoms with Crippen LogP contribution in [-0.2, 0) is 46.3 Å². The van der Waals surface area contributed by atoms with Gasteiger partial charge < -0.3 is 35.3 Å². The number of amides is 1. The van der Waals surface area contributed by atoms with Gasteiger partial charge in [-0.05, 0) is 287 Å². The number of anilines is 4. The molecule has 0 radical (unpaired) electrons. The van der Waals surface area contributed by atoms with Crippen molar-refractivity contribution in [2.75, 3.05) is 67.3 Å². The van der Waals surface area contributed by atoms with E-state index >= 15 is 0 Å². The molecule has 0 unspecified atom stereocenters. The van der Waals surface area contributed by atoms with Gasteiger partial charge >= 0.3 is 6.18 Å². The zero-order valence-corrected chi connectivity index (χ0v) is 71.8. The number of pyridine rings is 1. The number of alkyl halides is 3. The fourth-order valence-corrected chi connectivity index (χ4v) is 17.7. The Kier molecular flexibility index (Phi) is 32.6. The van der Waals surface area contributed by atoms with Gasteiger partial charge in [0.15, 0.2) is 0 Å². The van der Waals surface area contributed by atoms with Crippen LogP contribution in [0.4, 0.5) is 36.1 Å². The molecule has 4 aromatic carbocycles. The van der Waals surface area contributed by atoms with Crippen LogP contribution in [0.25, 0.3) is 22.6 Å². The van der Waals surface area contributed by atoms with Crippen molar-refractivity contribution in [1.29, 1.82) is 10.5 Å². The summed E-state index contributed by atoms with van der Waals surface area (Å²) in [7, 11) is -10.1. The van der Waals surface area contributed by atoms with E-state index in [0.29, 0.717) is 60.9 Å². The van der Waals surface area contributed by atoms with Gasteiger partial charge in [0, 0.05) is 117 Å². The Morgan fingerprint density at radius 3 is 1.31 bits per heavy atom. The first kappa shape index (κ1) is 92.2. The maximum absolute atomic E-state index is 13.3. The highest BCUT2D eigenvalue weighted by Crippen LogP contribution is 2.36. The first-order chi connectivity index (χ1) is 54.0. The Morgan fingerprint density at radius 1 is 0.470 bits per heavy atom. The highest BCUT2D eigenvalue weighted by Gasteiger charge is 2.37. The van der Waals surface area contributed by atoms with Crippen LogP contribution in [0.5, 0.6) is 0 Å². The highest BCUT2D eigenvalue weighted by atomic mass is 32.2. The maximum atomic E-state index is 13.3. The van der Waals surface area contributed by atoms with E-state index in [0.717, 1.165) is 155 Å². The Hall–Kier alpha value is -8.33. The minimum Gasteiger partial charge on any atom is -0.385 e. The molecule has 4 saturated carbocycles. The molecule has 3 heterocycles. The number of nitrogens with zero attached hydrogens (tertiary/aromatic N) is 6. The SMILES string of the molecule is CC(C)(C)S(=O)(=O)NC1CCC(CNc2ccc(-n3cccc3)c(C#N)c2)CC1.CC(C)(C)S(=O)(=O)NC1CCC(CNc2ccc(C#N)c(-n3cccc3)c2)CC1.CCS(=O)(=O)NCC1CCC(Nc2cccc(-c3ccccc3)n2)CC1.CN(C)C(=O)c1cc(NCC2CCC(NS(=O)(=O)C(C)(C)C)CC2)cc(C(F)(F)F)c1. The lowest BCUT2D eigenvalue weighted by molar-refractivity contribution is -0.137. The molecule has 8 N–H and O–H groups in total. The minimum atomic E-state index is -4.55. The maximum Gasteiger partial charge on any atom is 0.416 e. The second kappa shape index (κ2) is 40.7. The van der Waals surface area contributed by atoms with Crippen molar-refractivity contribution in [2.24, 2.45) is 23.7 Å². The summed E-state index contributed by atoms with van der Waals surface area (Å²) in [4.78, 5) is 18.1. The fraction of sp³-hybridized carbons (Fsp3) is 0.529. The van der Waals surface area contributed by atoms with Crippen LogP contribution in [0.3, 0.4) is 0 Å². The van der Waals surface area contributed by atoms with Crippen LogP contribution >= 0.6 is 0 Å². The van der Waals surface area contributed by atoms with Gasteiger partial charge in [-0.2, -0.15) is 23.7 Å². The third kappa shape index (κ3) is 27.9. The molecular weight excluding hydrogens is 1550 g/mol. The lowest BCUT2D eigenvalue weighted by Gasteiger charge is -2.31. The molecule has 0 atom stereocenters. The van der Waals surface area contributed by atoms with Crippen molar-refractivity contribution in [2.45, 2.75) is 217 Å². The molecule has 3 aromatic heterocycles. The summed E-state index contributed by atoms with van der Waals surface area (Å²) in [6.45, 7) is 19.6. The number of carbonyl (C=O) groups excluding carboxylic acids is 1.